The Kier molecular flexibility index (Phi) is 9.66. The van der Waals surface area contributed by atoms with Crippen LogP contribution in [0.4, 0.5) is 0 Å². The molecule has 0 saturated heterocycles. The van der Waals surface area contributed by atoms with E-state index in [0.29, 0.717) is 26.4 Å². The normalized spacial score (nSPS) is 18.9. The lowest BCUT2D eigenvalue weighted by atomic mass is 10.1. The van der Waals surface area contributed by atoms with Crippen molar-refractivity contribution in [3.8, 4) is 0 Å². The molecule has 3 atom stereocenters. The van der Waals surface area contributed by atoms with Crippen molar-refractivity contribution in [1.82, 2.24) is 0 Å². The molecule has 0 bridgehead atoms. The maximum atomic E-state index is 6.60. The van der Waals surface area contributed by atoms with E-state index in [1.165, 1.54) is 0 Å². The summed E-state index contributed by atoms with van der Waals surface area (Å²) >= 11 is 1.65. The second kappa shape index (κ2) is 14.0. The number of hydrogen-bond acceptors (Lipinski definition) is 5. The molecule has 4 nitrogen and oxygen atoms in total. The fraction of sp³-hybridized carbons (Fsp3) is 0.212. The van der Waals surface area contributed by atoms with Gasteiger partial charge in [-0.1, -0.05) is 121 Å². The van der Waals surface area contributed by atoms with Crippen molar-refractivity contribution in [2.45, 2.75) is 43.0 Å². The minimum atomic E-state index is -0.356. The summed E-state index contributed by atoms with van der Waals surface area (Å²) in [7, 11) is 0. The van der Waals surface area contributed by atoms with Crippen molar-refractivity contribution >= 4 is 11.8 Å². The maximum absolute atomic E-state index is 6.60. The molecule has 0 spiro atoms. The van der Waals surface area contributed by atoms with E-state index >= 15 is 0 Å². The SMILES string of the molecule is C1=C(Sc2ccccc2)[C@@H](OCc2ccccc2)[C@@H](OCc2ccccc2)[C@@H](COCc2ccccc2)O1. The smallest absolute Gasteiger partial charge is 0.150 e. The van der Waals surface area contributed by atoms with Gasteiger partial charge < -0.3 is 18.9 Å². The first-order chi connectivity index (χ1) is 18.8. The molecule has 4 aromatic rings. The van der Waals surface area contributed by atoms with Gasteiger partial charge in [-0.25, -0.2) is 0 Å². The highest BCUT2D eigenvalue weighted by Crippen LogP contribution is 2.37. The average molecular weight is 525 g/mol. The van der Waals surface area contributed by atoms with Crippen LogP contribution in [0.5, 0.6) is 0 Å². The van der Waals surface area contributed by atoms with E-state index in [-0.39, 0.29) is 18.3 Å². The molecule has 0 saturated carbocycles. The highest BCUT2D eigenvalue weighted by atomic mass is 32.2. The van der Waals surface area contributed by atoms with Gasteiger partial charge in [-0.15, -0.1) is 0 Å². The minimum Gasteiger partial charge on any atom is -0.492 e. The lowest BCUT2D eigenvalue weighted by molar-refractivity contribution is -0.148. The van der Waals surface area contributed by atoms with E-state index in [2.05, 4.69) is 48.5 Å². The molecule has 0 aliphatic carbocycles. The Morgan fingerprint density at radius 2 is 1.08 bits per heavy atom. The number of ether oxygens (including phenoxy) is 4. The van der Waals surface area contributed by atoms with E-state index in [1.807, 2.05) is 79.1 Å². The summed E-state index contributed by atoms with van der Waals surface area (Å²) in [6.07, 6.45) is 0.837. The lowest BCUT2D eigenvalue weighted by Crippen LogP contribution is -2.47. The molecule has 0 radical (unpaired) electrons. The molecule has 0 N–H and O–H groups in total. The molecular formula is C33H32O4S. The lowest BCUT2D eigenvalue weighted by Gasteiger charge is -2.37. The van der Waals surface area contributed by atoms with Crippen molar-refractivity contribution < 1.29 is 18.9 Å². The molecule has 1 aliphatic heterocycles. The number of hydrogen-bond donors (Lipinski definition) is 0. The van der Waals surface area contributed by atoms with Crippen LogP contribution in [0.1, 0.15) is 16.7 Å². The van der Waals surface area contributed by atoms with Gasteiger partial charge >= 0.3 is 0 Å². The van der Waals surface area contributed by atoms with E-state index in [9.17, 15) is 0 Å². The zero-order valence-electron chi connectivity index (χ0n) is 21.2. The van der Waals surface area contributed by atoms with Gasteiger partial charge in [0.1, 0.15) is 12.2 Å². The molecule has 38 heavy (non-hydrogen) atoms. The summed E-state index contributed by atoms with van der Waals surface area (Å²) in [5, 5.41) is 0. The molecule has 0 unspecified atom stereocenters. The molecule has 4 aromatic carbocycles. The molecular weight excluding hydrogens is 492 g/mol. The summed E-state index contributed by atoms with van der Waals surface area (Å²) in [5.41, 5.74) is 3.34. The van der Waals surface area contributed by atoms with Crippen LogP contribution < -0.4 is 0 Å². The maximum Gasteiger partial charge on any atom is 0.150 e. The second-order valence-corrected chi connectivity index (χ2v) is 10.2. The highest BCUT2D eigenvalue weighted by Gasteiger charge is 2.39. The largest absolute Gasteiger partial charge is 0.492 e. The third-order valence-corrected chi connectivity index (χ3v) is 7.31. The van der Waals surface area contributed by atoms with Crippen LogP contribution >= 0.6 is 11.8 Å². The summed E-state index contributed by atoms with van der Waals surface area (Å²) in [5.74, 6) is 0. The molecule has 0 amide bonds. The third kappa shape index (κ3) is 7.59. The molecule has 0 fully saturated rings. The fourth-order valence-corrected chi connectivity index (χ4v) is 5.25. The van der Waals surface area contributed by atoms with Crippen LogP contribution in [-0.4, -0.2) is 24.9 Å². The Morgan fingerprint density at radius 3 is 1.66 bits per heavy atom. The van der Waals surface area contributed by atoms with Gasteiger partial charge in [0.05, 0.1) is 37.6 Å². The number of thioether (sulfide) groups is 1. The van der Waals surface area contributed by atoms with Crippen molar-refractivity contribution in [1.29, 1.82) is 0 Å². The quantitative estimate of drug-likeness (QED) is 0.193. The molecule has 5 heteroatoms. The molecule has 0 aromatic heterocycles. The predicted octanol–water partition coefficient (Wildman–Crippen LogP) is 7.41. The standard InChI is InChI=1S/C33H32O4S/c1-5-13-26(14-6-1)21-34-24-30-32(36-22-27-15-7-2-8-16-27)33(37-23-28-17-9-3-10-18-28)31(25-35-30)38-29-19-11-4-12-20-29/h1-20,25,30,32-33H,21-24H2/t30-,32+,33-/m1/s1. The molecule has 5 rings (SSSR count). The summed E-state index contributed by atoms with van der Waals surface area (Å²) in [6, 6.07) is 40.9. The van der Waals surface area contributed by atoms with Gasteiger partial charge in [0, 0.05) is 4.90 Å². The number of benzene rings is 4. The van der Waals surface area contributed by atoms with Crippen LogP contribution in [0.25, 0.3) is 0 Å². The summed E-state index contributed by atoms with van der Waals surface area (Å²) in [4.78, 5) is 2.10. The topological polar surface area (TPSA) is 36.9 Å². The fourth-order valence-electron chi connectivity index (χ4n) is 4.26. The first-order valence-corrected chi connectivity index (χ1v) is 13.7. The zero-order chi connectivity index (χ0) is 25.8. The van der Waals surface area contributed by atoms with Crippen LogP contribution in [0.15, 0.2) is 137 Å². The van der Waals surface area contributed by atoms with Crippen molar-refractivity contribution in [3.05, 3.63) is 149 Å². The minimum absolute atomic E-state index is 0.316. The monoisotopic (exact) mass is 524 g/mol. The third-order valence-electron chi connectivity index (χ3n) is 6.23. The van der Waals surface area contributed by atoms with Gasteiger partial charge in [-0.3, -0.25) is 0 Å². The highest BCUT2D eigenvalue weighted by molar-refractivity contribution is 8.03. The van der Waals surface area contributed by atoms with Crippen LogP contribution in [0, 0.1) is 0 Å². The Morgan fingerprint density at radius 1 is 0.579 bits per heavy atom. The van der Waals surface area contributed by atoms with E-state index in [1.54, 1.807) is 11.8 Å². The van der Waals surface area contributed by atoms with Crippen molar-refractivity contribution in [3.63, 3.8) is 0 Å². The second-order valence-electron chi connectivity index (χ2n) is 9.09. The Labute approximate surface area is 229 Å². The first kappa shape index (κ1) is 26.3. The van der Waals surface area contributed by atoms with Gasteiger partial charge in [0.15, 0.2) is 6.10 Å². The van der Waals surface area contributed by atoms with Crippen LogP contribution in [-0.2, 0) is 38.8 Å². The Hall–Kier alpha value is -3.35. The first-order valence-electron chi connectivity index (χ1n) is 12.9. The molecule has 1 heterocycles. The molecule has 194 valence electrons. The summed E-state index contributed by atoms with van der Waals surface area (Å²) in [6.45, 7) is 1.83. The summed E-state index contributed by atoms with van der Waals surface area (Å²) < 4.78 is 25.6. The van der Waals surface area contributed by atoms with Crippen molar-refractivity contribution in [2.24, 2.45) is 0 Å². The molecule has 1 aliphatic rings. The Bertz CT molecular complexity index is 1250. The van der Waals surface area contributed by atoms with Gasteiger partial charge in [0.2, 0.25) is 0 Å². The zero-order valence-corrected chi connectivity index (χ0v) is 22.0. The number of rotatable bonds is 12. The van der Waals surface area contributed by atoms with Gasteiger partial charge in [0.25, 0.3) is 0 Å². The van der Waals surface area contributed by atoms with Crippen LogP contribution in [0.3, 0.4) is 0 Å². The van der Waals surface area contributed by atoms with Crippen molar-refractivity contribution in [2.75, 3.05) is 6.61 Å². The van der Waals surface area contributed by atoms with E-state index < -0.39 is 0 Å². The van der Waals surface area contributed by atoms with Crippen LogP contribution in [0.2, 0.25) is 0 Å². The van der Waals surface area contributed by atoms with E-state index in [4.69, 9.17) is 18.9 Å². The predicted molar refractivity (Wildman–Crippen MR) is 151 cm³/mol. The van der Waals surface area contributed by atoms with Gasteiger partial charge in [-0.05, 0) is 28.8 Å². The Balaban J connectivity index is 1.36. The average Bonchev–Trinajstić information content (AvgIpc) is 2.98. The van der Waals surface area contributed by atoms with Gasteiger partial charge in [-0.2, -0.15) is 0 Å². The van der Waals surface area contributed by atoms with E-state index in [0.717, 1.165) is 26.5 Å².